The molecule has 1 aliphatic rings. The Labute approximate surface area is 105 Å². The number of carbonyl (C=O) groups is 2. The molecule has 0 N–H and O–H groups in total. The Morgan fingerprint density at radius 2 is 1.56 bits per heavy atom. The van der Waals surface area contributed by atoms with Crippen LogP contribution in [0.4, 0.5) is 0 Å². The average molecular weight is 240 g/mol. The zero-order chi connectivity index (χ0) is 12.8. The fraction of sp³-hybridized carbons (Fsp3) is 0.0667. The molecule has 90 valence electrons. The summed E-state index contributed by atoms with van der Waals surface area (Å²) < 4.78 is 4.94. The van der Waals surface area contributed by atoms with Crippen LogP contribution in [0, 0.1) is 5.92 Å². The number of hydrogen-bond donors (Lipinski definition) is 0. The summed E-state index contributed by atoms with van der Waals surface area (Å²) in [6.07, 6.45) is 7.83. The van der Waals surface area contributed by atoms with Crippen molar-refractivity contribution in [1.82, 2.24) is 0 Å². The number of ether oxygens (including phenoxy) is 1. The van der Waals surface area contributed by atoms with Gasteiger partial charge in [0.2, 0.25) is 0 Å². The van der Waals surface area contributed by atoms with Gasteiger partial charge in [-0.3, -0.25) is 9.59 Å². The number of aldehydes is 2. The van der Waals surface area contributed by atoms with Crippen molar-refractivity contribution < 1.29 is 14.3 Å². The highest BCUT2D eigenvalue weighted by molar-refractivity contribution is 5.84. The van der Waals surface area contributed by atoms with Crippen molar-refractivity contribution in [2.45, 2.75) is 0 Å². The third-order valence-electron chi connectivity index (χ3n) is 2.68. The molecule has 0 atom stereocenters. The number of carbonyl (C=O) groups excluding carboxylic acids is 2. The Balaban J connectivity index is 2.24. The molecule has 0 saturated carbocycles. The van der Waals surface area contributed by atoms with E-state index >= 15 is 0 Å². The first-order valence-corrected chi connectivity index (χ1v) is 5.54. The molecule has 18 heavy (non-hydrogen) atoms. The van der Waals surface area contributed by atoms with Crippen LogP contribution in [0.1, 0.15) is 5.56 Å². The quantitative estimate of drug-likeness (QED) is 0.759. The second kappa shape index (κ2) is 5.77. The van der Waals surface area contributed by atoms with E-state index in [9.17, 15) is 9.59 Å². The number of allylic oxidation sites excluding steroid dienone is 3. The van der Waals surface area contributed by atoms with Crippen molar-refractivity contribution in [3.63, 3.8) is 0 Å². The maximum Gasteiger partial charge on any atom is 0.150 e. The minimum Gasteiger partial charge on any atom is -0.472 e. The van der Waals surface area contributed by atoms with Crippen molar-refractivity contribution in [3.05, 3.63) is 65.6 Å². The van der Waals surface area contributed by atoms with E-state index in [2.05, 4.69) is 0 Å². The summed E-state index contributed by atoms with van der Waals surface area (Å²) in [5, 5.41) is 0. The van der Waals surface area contributed by atoms with Gasteiger partial charge < -0.3 is 4.74 Å². The number of rotatable bonds is 4. The van der Waals surface area contributed by atoms with E-state index in [4.69, 9.17) is 4.74 Å². The maximum absolute atomic E-state index is 10.9. The summed E-state index contributed by atoms with van der Waals surface area (Å²) in [4.78, 5) is 21.8. The lowest BCUT2D eigenvalue weighted by Crippen LogP contribution is -2.11. The van der Waals surface area contributed by atoms with E-state index < -0.39 is 0 Å². The monoisotopic (exact) mass is 240 g/mol. The van der Waals surface area contributed by atoms with Crippen LogP contribution < -0.4 is 0 Å². The Hall–Kier alpha value is -2.42. The summed E-state index contributed by atoms with van der Waals surface area (Å²) in [6, 6.07) is 9.68. The Morgan fingerprint density at radius 3 is 2.11 bits per heavy atom. The molecule has 3 nitrogen and oxygen atoms in total. The summed E-state index contributed by atoms with van der Waals surface area (Å²) in [5.74, 6) is -0.339. The highest BCUT2D eigenvalue weighted by Crippen LogP contribution is 2.24. The van der Waals surface area contributed by atoms with Crippen molar-refractivity contribution >= 4 is 18.6 Å². The summed E-state index contributed by atoms with van der Waals surface area (Å²) >= 11 is 0. The van der Waals surface area contributed by atoms with Crippen LogP contribution in [-0.4, -0.2) is 12.6 Å². The molecule has 1 heterocycles. The Morgan fingerprint density at radius 1 is 0.944 bits per heavy atom. The topological polar surface area (TPSA) is 43.4 Å². The van der Waals surface area contributed by atoms with E-state index in [0.29, 0.717) is 23.7 Å². The molecule has 1 aliphatic heterocycles. The molecule has 2 rings (SSSR count). The van der Waals surface area contributed by atoms with Crippen molar-refractivity contribution in [2.24, 2.45) is 5.92 Å². The van der Waals surface area contributed by atoms with Gasteiger partial charge in [0.15, 0.2) is 0 Å². The van der Waals surface area contributed by atoms with E-state index in [1.54, 1.807) is 0 Å². The Kier molecular flexibility index (Phi) is 3.86. The third kappa shape index (κ3) is 2.63. The minimum atomic E-state index is -0.339. The minimum absolute atomic E-state index is 0.339. The smallest absolute Gasteiger partial charge is 0.150 e. The standard InChI is InChI=1S/C15H12O3/c16-8-13-10-18-11-14(9-17)15(13)7-6-12-4-2-1-3-5-12/h1-11,15H/b7-6+. The van der Waals surface area contributed by atoms with E-state index in [1.165, 1.54) is 12.5 Å². The molecular weight excluding hydrogens is 228 g/mol. The van der Waals surface area contributed by atoms with Crippen LogP contribution in [0.15, 0.2) is 60.1 Å². The van der Waals surface area contributed by atoms with Gasteiger partial charge in [-0.05, 0) is 5.56 Å². The van der Waals surface area contributed by atoms with E-state index in [-0.39, 0.29) is 5.92 Å². The summed E-state index contributed by atoms with van der Waals surface area (Å²) in [5.41, 5.74) is 1.89. The van der Waals surface area contributed by atoms with Crippen LogP contribution in [0.25, 0.3) is 6.08 Å². The first-order valence-electron chi connectivity index (χ1n) is 5.54. The van der Waals surface area contributed by atoms with Crippen LogP contribution in [-0.2, 0) is 14.3 Å². The predicted molar refractivity (Wildman–Crippen MR) is 68.3 cm³/mol. The maximum atomic E-state index is 10.9. The van der Waals surface area contributed by atoms with Gasteiger partial charge in [-0.1, -0.05) is 42.5 Å². The zero-order valence-corrected chi connectivity index (χ0v) is 9.65. The third-order valence-corrected chi connectivity index (χ3v) is 2.68. The molecule has 0 radical (unpaired) electrons. The molecule has 0 fully saturated rings. The molecule has 0 unspecified atom stereocenters. The zero-order valence-electron chi connectivity index (χ0n) is 9.65. The van der Waals surface area contributed by atoms with Crippen LogP contribution in [0.2, 0.25) is 0 Å². The molecule has 0 saturated heterocycles. The van der Waals surface area contributed by atoms with Crippen LogP contribution >= 0.6 is 0 Å². The van der Waals surface area contributed by atoms with Crippen molar-refractivity contribution in [2.75, 3.05) is 0 Å². The highest BCUT2D eigenvalue weighted by atomic mass is 16.5. The van der Waals surface area contributed by atoms with Gasteiger partial charge >= 0.3 is 0 Å². The molecule has 0 amide bonds. The van der Waals surface area contributed by atoms with Gasteiger partial charge in [-0.15, -0.1) is 0 Å². The normalized spacial score (nSPS) is 15.8. The lowest BCUT2D eigenvalue weighted by molar-refractivity contribution is -0.105. The van der Waals surface area contributed by atoms with Crippen LogP contribution in [0.5, 0.6) is 0 Å². The second-order valence-electron chi connectivity index (χ2n) is 3.85. The first-order chi connectivity index (χ1) is 8.85. The Bertz CT molecular complexity index is 500. The average Bonchev–Trinajstić information content (AvgIpc) is 2.45. The summed E-state index contributed by atoms with van der Waals surface area (Å²) in [7, 11) is 0. The van der Waals surface area contributed by atoms with Gasteiger partial charge in [0, 0.05) is 17.1 Å². The number of hydrogen-bond acceptors (Lipinski definition) is 3. The van der Waals surface area contributed by atoms with Gasteiger partial charge in [0.25, 0.3) is 0 Å². The van der Waals surface area contributed by atoms with Gasteiger partial charge in [-0.25, -0.2) is 0 Å². The van der Waals surface area contributed by atoms with E-state index in [0.717, 1.165) is 5.56 Å². The molecule has 0 bridgehead atoms. The van der Waals surface area contributed by atoms with Crippen LogP contribution in [0.3, 0.4) is 0 Å². The largest absolute Gasteiger partial charge is 0.472 e. The lowest BCUT2D eigenvalue weighted by Gasteiger charge is -2.16. The fourth-order valence-corrected chi connectivity index (χ4v) is 1.73. The summed E-state index contributed by atoms with van der Waals surface area (Å²) in [6.45, 7) is 0. The van der Waals surface area contributed by atoms with Gasteiger partial charge in [-0.2, -0.15) is 0 Å². The lowest BCUT2D eigenvalue weighted by atomic mass is 9.91. The molecular formula is C15H12O3. The molecule has 0 aliphatic carbocycles. The SMILES string of the molecule is O=CC1=COC=C(C=O)C1/C=C/c1ccccc1. The van der Waals surface area contributed by atoms with Gasteiger partial charge in [0.1, 0.15) is 12.6 Å². The van der Waals surface area contributed by atoms with Crippen molar-refractivity contribution in [1.29, 1.82) is 0 Å². The first kappa shape index (κ1) is 12.0. The highest BCUT2D eigenvalue weighted by Gasteiger charge is 2.19. The predicted octanol–water partition coefficient (Wildman–Crippen LogP) is 2.51. The molecule has 0 spiro atoms. The second-order valence-corrected chi connectivity index (χ2v) is 3.85. The molecule has 0 aromatic heterocycles. The molecule has 1 aromatic rings. The fourth-order valence-electron chi connectivity index (χ4n) is 1.73. The van der Waals surface area contributed by atoms with Crippen molar-refractivity contribution in [3.8, 4) is 0 Å². The molecule has 1 aromatic carbocycles. The molecule has 3 heteroatoms. The van der Waals surface area contributed by atoms with E-state index in [1.807, 2.05) is 42.5 Å². The number of benzene rings is 1. The van der Waals surface area contributed by atoms with Gasteiger partial charge in [0.05, 0.1) is 12.5 Å².